The number of thiophene rings is 1. The van der Waals surface area contributed by atoms with E-state index >= 15 is 0 Å². The van der Waals surface area contributed by atoms with Crippen molar-refractivity contribution in [2.45, 2.75) is 28.2 Å². The van der Waals surface area contributed by atoms with Crippen LogP contribution in [0.15, 0.2) is 27.3 Å². The van der Waals surface area contributed by atoms with Crippen LogP contribution in [0.1, 0.15) is 23.6 Å². The first-order valence-electron chi connectivity index (χ1n) is 4.90. The fraction of sp³-hybridized carbons (Fsp3) is 0.308. The number of rotatable bonds is 0. The topological polar surface area (TPSA) is 12.9 Å². The Morgan fingerprint density at radius 1 is 1.11 bits per heavy atom. The van der Waals surface area contributed by atoms with Gasteiger partial charge in [-0.05, 0) is 70.3 Å². The van der Waals surface area contributed by atoms with Crippen molar-refractivity contribution >= 4 is 54.8 Å². The zero-order valence-electron chi connectivity index (χ0n) is 9.72. The fourth-order valence-electron chi connectivity index (χ4n) is 1.06. The molecule has 0 spiro atoms. The van der Waals surface area contributed by atoms with Crippen LogP contribution >= 0.6 is 54.8 Å². The number of aryl methyl sites for hydroxylation is 3. The number of pyridine rings is 1. The third-order valence-electron chi connectivity index (χ3n) is 1.93. The van der Waals surface area contributed by atoms with E-state index in [-0.39, 0.29) is 7.43 Å². The normalized spacial score (nSPS) is 9.22. The number of aromatic nitrogens is 1. The second kappa shape index (κ2) is 8.31. The maximum atomic E-state index is 5.70. The quantitative estimate of drug-likeness (QED) is 0.476. The molecule has 0 aliphatic heterocycles. The molecule has 0 saturated heterocycles. The predicted molar refractivity (Wildman–Crippen MR) is 89.9 cm³/mol. The van der Waals surface area contributed by atoms with Gasteiger partial charge in [0, 0.05) is 20.0 Å². The zero-order valence-corrected chi connectivity index (χ0v) is 14.5. The highest BCUT2D eigenvalue weighted by molar-refractivity contribution is 9.10. The molecule has 5 heteroatoms. The van der Waals surface area contributed by atoms with Gasteiger partial charge in [0.05, 0.1) is 5.69 Å². The lowest BCUT2D eigenvalue weighted by atomic mass is 10.3. The fourth-order valence-corrected chi connectivity index (χ4v) is 3.29. The summed E-state index contributed by atoms with van der Waals surface area (Å²) in [6.07, 6.45) is 1.86. The van der Waals surface area contributed by atoms with Gasteiger partial charge >= 0.3 is 0 Å². The molecule has 2 aromatic rings. The van der Waals surface area contributed by atoms with Crippen LogP contribution in [0.25, 0.3) is 0 Å². The second-order valence-corrected chi connectivity index (χ2v) is 7.13. The molecule has 0 aliphatic carbocycles. The van der Waals surface area contributed by atoms with Gasteiger partial charge in [-0.15, -0.1) is 11.3 Å². The van der Waals surface area contributed by atoms with E-state index < -0.39 is 0 Å². The standard InChI is InChI=1S/C7H8BrN.C5H4BrClS.CH4/c1-5-3-7(8)6(2)9-4-5;1-3-2-4(6)5(7)8-3;/h3-4H,1-2H3;2H,1H3;1H4. The second-order valence-electron chi connectivity index (χ2n) is 3.56. The van der Waals surface area contributed by atoms with Gasteiger partial charge in [0.1, 0.15) is 4.34 Å². The summed E-state index contributed by atoms with van der Waals surface area (Å²) >= 11 is 14.0. The number of halogens is 3. The summed E-state index contributed by atoms with van der Waals surface area (Å²) in [6, 6.07) is 4.06. The van der Waals surface area contributed by atoms with Gasteiger partial charge < -0.3 is 0 Å². The molecule has 0 aromatic carbocycles. The first-order chi connectivity index (χ1) is 7.90. The molecule has 0 atom stereocenters. The number of hydrogen-bond acceptors (Lipinski definition) is 2. The van der Waals surface area contributed by atoms with E-state index in [9.17, 15) is 0 Å². The Hall–Kier alpha value is 0.1000. The summed E-state index contributed by atoms with van der Waals surface area (Å²) in [5.74, 6) is 0. The monoisotopic (exact) mass is 411 g/mol. The maximum absolute atomic E-state index is 5.70. The highest BCUT2D eigenvalue weighted by Gasteiger charge is 1.98. The Labute approximate surface area is 135 Å². The molecule has 0 unspecified atom stereocenters. The number of nitrogens with zero attached hydrogens (tertiary/aromatic N) is 1. The van der Waals surface area contributed by atoms with E-state index in [2.05, 4.69) is 42.9 Å². The average Bonchev–Trinajstić information content (AvgIpc) is 2.52. The summed E-state index contributed by atoms with van der Waals surface area (Å²) in [5.41, 5.74) is 2.23. The minimum absolute atomic E-state index is 0. The van der Waals surface area contributed by atoms with Crippen molar-refractivity contribution in [1.29, 1.82) is 0 Å². The van der Waals surface area contributed by atoms with Crippen LogP contribution in [0, 0.1) is 20.8 Å². The smallest absolute Gasteiger partial charge is 0.107 e. The van der Waals surface area contributed by atoms with Crippen LogP contribution in [-0.2, 0) is 0 Å². The van der Waals surface area contributed by atoms with E-state index in [0.717, 1.165) is 19.0 Å². The highest BCUT2D eigenvalue weighted by atomic mass is 79.9. The van der Waals surface area contributed by atoms with E-state index in [4.69, 9.17) is 11.6 Å². The molecule has 0 aliphatic rings. The van der Waals surface area contributed by atoms with Crippen molar-refractivity contribution in [2.75, 3.05) is 0 Å². The van der Waals surface area contributed by atoms with Crippen molar-refractivity contribution in [2.24, 2.45) is 0 Å². The van der Waals surface area contributed by atoms with Crippen molar-refractivity contribution < 1.29 is 0 Å². The number of hydrogen-bond donors (Lipinski definition) is 0. The van der Waals surface area contributed by atoms with Gasteiger partial charge in [-0.25, -0.2) is 0 Å². The average molecular weight is 414 g/mol. The van der Waals surface area contributed by atoms with E-state index in [1.165, 1.54) is 10.4 Å². The summed E-state index contributed by atoms with van der Waals surface area (Å²) in [5, 5.41) is 0. The Balaban J connectivity index is 0.000000306. The van der Waals surface area contributed by atoms with Gasteiger partial charge in [0.2, 0.25) is 0 Å². The molecule has 0 saturated carbocycles. The molecule has 0 bridgehead atoms. The summed E-state index contributed by atoms with van der Waals surface area (Å²) in [4.78, 5) is 5.37. The Kier molecular flexibility index (Phi) is 8.35. The van der Waals surface area contributed by atoms with Gasteiger partial charge in [0.15, 0.2) is 0 Å². The molecule has 2 heterocycles. The highest BCUT2D eigenvalue weighted by Crippen LogP contribution is 2.30. The van der Waals surface area contributed by atoms with E-state index in [1.54, 1.807) is 11.3 Å². The Morgan fingerprint density at radius 2 is 1.72 bits per heavy atom. The van der Waals surface area contributed by atoms with Crippen molar-refractivity contribution in [3.05, 3.63) is 47.7 Å². The van der Waals surface area contributed by atoms with Gasteiger partial charge in [0.25, 0.3) is 0 Å². The minimum atomic E-state index is 0. The lowest BCUT2D eigenvalue weighted by Crippen LogP contribution is -1.82. The lowest BCUT2D eigenvalue weighted by molar-refractivity contribution is 1.15. The van der Waals surface area contributed by atoms with Crippen LogP contribution in [-0.4, -0.2) is 4.98 Å². The molecule has 100 valence electrons. The molecule has 1 nitrogen and oxygen atoms in total. The largest absolute Gasteiger partial charge is 0.260 e. The van der Waals surface area contributed by atoms with Crippen LogP contribution in [0.2, 0.25) is 4.34 Å². The van der Waals surface area contributed by atoms with Crippen LogP contribution in [0.5, 0.6) is 0 Å². The summed E-state index contributed by atoms with van der Waals surface area (Å²) in [7, 11) is 0. The molecule has 0 radical (unpaired) electrons. The molecule has 2 aromatic heterocycles. The van der Waals surface area contributed by atoms with Crippen molar-refractivity contribution in [3.8, 4) is 0 Å². The predicted octanol–water partition coefficient (Wildman–Crippen LogP) is 6.57. The molecule has 2 rings (SSSR count). The molecule has 18 heavy (non-hydrogen) atoms. The van der Waals surface area contributed by atoms with Crippen LogP contribution < -0.4 is 0 Å². The molecular weight excluding hydrogens is 397 g/mol. The maximum Gasteiger partial charge on any atom is 0.107 e. The van der Waals surface area contributed by atoms with Crippen LogP contribution in [0.4, 0.5) is 0 Å². The first kappa shape index (κ1) is 18.1. The summed E-state index contributed by atoms with van der Waals surface area (Å²) < 4.78 is 2.92. The molecule has 0 fully saturated rings. The van der Waals surface area contributed by atoms with E-state index in [1.807, 2.05) is 33.0 Å². The van der Waals surface area contributed by atoms with Gasteiger partial charge in [-0.3, -0.25) is 4.98 Å². The van der Waals surface area contributed by atoms with E-state index in [0.29, 0.717) is 0 Å². The first-order valence-corrected chi connectivity index (χ1v) is 7.68. The Morgan fingerprint density at radius 3 is 2.00 bits per heavy atom. The molecule has 0 amide bonds. The Bertz CT molecular complexity index is 492. The summed E-state index contributed by atoms with van der Waals surface area (Å²) in [6.45, 7) is 6.03. The van der Waals surface area contributed by atoms with Crippen molar-refractivity contribution in [1.82, 2.24) is 4.98 Å². The van der Waals surface area contributed by atoms with Gasteiger partial charge in [-0.2, -0.15) is 0 Å². The lowest BCUT2D eigenvalue weighted by Gasteiger charge is -1.95. The minimum Gasteiger partial charge on any atom is -0.260 e. The third-order valence-corrected chi connectivity index (χ3v) is 5.12. The van der Waals surface area contributed by atoms with Gasteiger partial charge in [-0.1, -0.05) is 19.0 Å². The third kappa shape index (κ3) is 5.83. The van der Waals surface area contributed by atoms with Crippen molar-refractivity contribution in [3.63, 3.8) is 0 Å². The molecular formula is C13H16Br2ClNS. The van der Waals surface area contributed by atoms with Crippen LogP contribution in [0.3, 0.4) is 0 Å². The SMILES string of the molecule is C.Cc1cc(Br)c(Cl)s1.Cc1cnc(C)c(Br)c1. The molecule has 0 N–H and O–H groups in total. The zero-order chi connectivity index (χ0) is 13.0.